The first-order valence-corrected chi connectivity index (χ1v) is 10.1. The number of aryl methyl sites for hydroxylation is 1. The SMILES string of the molecule is Cn1nc(C2CCN(CC(=O)Nc3cccc(C(F)(F)F)c3)CC2)n(C2CC2)c1=O. The Morgan fingerprint density at radius 2 is 1.90 bits per heavy atom. The van der Waals surface area contributed by atoms with Crippen LogP contribution in [-0.4, -0.2) is 44.8 Å². The summed E-state index contributed by atoms with van der Waals surface area (Å²) < 4.78 is 41.7. The fraction of sp³-hybridized carbons (Fsp3) is 0.550. The van der Waals surface area contributed by atoms with Crippen LogP contribution in [0.5, 0.6) is 0 Å². The molecule has 1 amide bonds. The van der Waals surface area contributed by atoms with Crippen molar-refractivity contribution in [1.29, 1.82) is 0 Å². The number of anilines is 1. The highest BCUT2D eigenvalue weighted by atomic mass is 19.4. The number of hydrogen-bond donors (Lipinski definition) is 1. The number of nitrogens with zero attached hydrogens (tertiary/aromatic N) is 4. The number of carbonyl (C=O) groups excluding carboxylic acids is 1. The predicted molar refractivity (Wildman–Crippen MR) is 104 cm³/mol. The van der Waals surface area contributed by atoms with E-state index < -0.39 is 11.7 Å². The number of amides is 1. The average Bonchev–Trinajstić information content (AvgIpc) is 3.48. The molecule has 1 saturated heterocycles. The number of carbonyl (C=O) groups is 1. The molecule has 2 heterocycles. The van der Waals surface area contributed by atoms with Crippen LogP contribution in [0.2, 0.25) is 0 Å². The molecule has 0 bridgehead atoms. The summed E-state index contributed by atoms with van der Waals surface area (Å²) in [5.41, 5.74) is -0.736. The minimum atomic E-state index is -4.45. The van der Waals surface area contributed by atoms with Gasteiger partial charge in [-0.2, -0.15) is 18.3 Å². The second kappa shape index (κ2) is 7.90. The first kappa shape index (κ1) is 20.6. The highest BCUT2D eigenvalue weighted by Gasteiger charge is 2.34. The molecule has 10 heteroatoms. The van der Waals surface area contributed by atoms with Gasteiger partial charge in [0.15, 0.2) is 0 Å². The molecule has 0 atom stereocenters. The van der Waals surface area contributed by atoms with Crippen LogP contribution in [0.15, 0.2) is 29.1 Å². The average molecular weight is 423 g/mol. The van der Waals surface area contributed by atoms with E-state index in [-0.39, 0.29) is 35.8 Å². The summed E-state index contributed by atoms with van der Waals surface area (Å²) in [5.74, 6) is 0.654. The lowest BCUT2D eigenvalue weighted by Crippen LogP contribution is -2.39. The molecule has 2 aromatic rings. The first-order valence-electron chi connectivity index (χ1n) is 10.1. The Labute approximate surface area is 171 Å². The van der Waals surface area contributed by atoms with Crippen molar-refractivity contribution in [2.24, 2.45) is 7.05 Å². The fourth-order valence-electron chi connectivity index (χ4n) is 3.98. The van der Waals surface area contributed by atoms with Gasteiger partial charge in [-0.15, -0.1) is 0 Å². The van der Waals surface area contributed by atoms with E-state index in [4.69, 9.17) is 0 Å². The molecule has 2 fully saturated rings. The summed E-state index contributed by atoms with van der Waals surface area (Å²) in [6, 6.07) is 4.88. The van der Waals surface area contributed by atoms with Crippen molar-refractivity contribution in [3.63, 3.8) is 0 Å². The summed E-state index contributed by atoms with van der Waals surface area (Å²) in [5, 5.41) is 6.99. The summed E-state index contributed by atoms with van der Waals surface area (Å²) in [6.45, 7) is 1.44. The van der Waals surface area contributed by atoms with Gasteiger partial charge < -0.3 is 5.32 Å². The number of hydrogen-bond acceptors (Lipinski definition) is 4. The molecule has 7 nitrogen and oxygen atoms in total. The molecule has 0 spiro atoms. The maximum atomic E-state index is 12.8. The van der Waals surface area contributed by atoms with E-state index in [9.17, 15) is 22.8 Å². The van der Waals surface area contributed by atoms with Crippen molar-refractivity contribution < 1.29 is 18.0 Å². The topological polar surface area (TPSA) is 72.2 Å². The fourth-order valence-corrected chi connectivity index (χ4v) is 3.98. The third-order valence-corrected chi connectivity index (χ3v) is 5.69. The predicted octanol–water partition coefficient (Wildman–Crippen LogP) is 2.75. The summed E-state index contributed by atoms with van der Waals surface area (Å²) in [7, 11) is 1.66. The van der Waals surface area contributed by atoms with Gasteiger partial charge >= 0.3 is 11.9 Å². The molecule has 1 aromatic heterocycles. The molecule has 0 unspecified atom stereocenters. The second-order valence-electron chi connectivity index (χ2n) is 8.04. The molecule has 1 aromatic carbocycles. The number of benzene rings is 1. The van der Waals surface area contributed by atoms with Crippen molar-refractivity contribution in [2.45, 2.75) is 43.8 Å². The van der Waals surface area contributed by atoms with Gasteiger partial charge in [0.1, 0.15) is 5.82 Å². The molecule has 1 aliphatic heterocycles. The molecular weight excluding hydrogens is 399 g/mol. The Bertz CT molecular complexity index is 985. The summed E-state index contributed by atoms with van der Waals surface area (Å²) in [4.78, 5) is 26.6. The van der Waals surface area contributed by atoms with Gasteiger partial charge in [-0.05, 0) is 57.0 Å². The smallest absolute Gasteiger partial charge is 0.325 e. The zero-order valence-electron chi connectivity index (χ0n) is 16.7. The third-order valence-electron chi connectivity index (χ3n) is 5.69. The Hall–Kier alpha value is -2.62. The normalized spacial score (nSPS) is 18.5. The van der Waals surface area contributed by atoms with E-state index in [1.165, 1.54) is 16.8 Å². The van der Waals surface area contributed by atoms with Crippen LogP contribution in [0.25, 0.3) is 0 Å². The number of alkyl halides is 3. The van der Waals surface area contributed by atoms with Gasteiger partial charge in [0.25, 0.3) is 0 Å². The van der Waals surface area contributed by atoms with E-state index in [0.29, 0.717) is 13.1 Å². The number of halogens is 3. The number of piperidine rings is 1. The lowest BCUT2D eigenvalue weighted by Gasteiger charge is -2.31. The molecule has 2 aliphatic rings. The van der Waals surface area contributed by atoms with Crippen molar-refractivity contribution in [3.05, 3.63) is 46.1 Å². The molecule has 30 heavy (non-hydrogen) atoms. The van der Waals surface area contributed by atoms with Crippen LogP contribution < -0.4 is 11.0 Å². The van der Waals surface area contributed by atoms with Crippen LogP contribution in [0.4, 0.5) is 18.9 Å². The standard InChI is InChI=1S/C20H24F3N5O2/c1-26-19(30)28(16-5-6-16)18(25-26)13-7-9-27(10-8-13)12-17(29)24-15-4-2-3-14(11-15)20(21,22)23/h2-4,11,13,16H,5-10,12H2,1H3,(H,24,29). The van der Waals surface area contributed by atoms with Crippen LogP contribution in [0, 0.1) is 0 Å². The van der Waals surface area contributed by atoms with Gasteiger partial charge in [-0.3, -0.25) is 14.3 Å². The number of aromatic nitrogens is 3. The van der Waals surface area contributed by atoms with Crippen LogP contribution in [0.1, 0.15) is 49.0 Å². The number of rotatable bonds is 5. The Morgan fingerprint density at radius 3 is 2.53 bits per heavy atom. The molecule has 162 valence electrons. The molecule has 1 N–H and O–H groups in total. The van der Waals surface area contributed by atoms with Crippen molar-refractivity contribution in [3.8, 4) is 0 Å². The van der Waals surface area contributed by atoms with Crippen molar-refractivity contribution in [2.75, 3.05) is 25.0 Å². The highest BCUT2D eigenvalue weighted by molar-refractivity contribution is 5.92. The first-order chi connectivity index (χ1) is 14.2. The van der Waals surface area contributed by atoms with E-state index in [1.807, 2.05) is 9.47 Å². The maximum Gasteiger partial charge on any atom is 0.416 e. The van der Waals surface area contributed by atoms with Crippen LogP contribution in [0.3, 0.4) is 0 Å². The maximum absolute atomic E-state index is 12.8. The van der Waals surface area contributed by atoms with E-state index >= 15 is 0 Å². The van der Waals surface area contributed by atoms with Gasteiger partial charge in [-0.1, -0.05) is 6.07 Å². The van der Waals surface area contributed by atoms with Crippen LogP contribution >= 0.6 is 0 Å². The second-order valence-corrected chi connectivity index (χ2v) is 8.04. The highest BCUT2D eigenvalue weighted by Crippen LogP contribution is 2.37. The van der Waals surface area contributed by atoms with Gasteiger partial charge in [0.2, 0.25) is 5.91 Å². The monoisotopic (exact) mass is 423 g/mol. The van der Waals surface area contributed by atoms with Crippen LogP contribution in [-0.2, 0) is 18.0 Å². The quantitative estimate of drug-likeness (QED) is 0.803. The summed E-state index contributed by atoms with van der Waals surface area (Å²) in [6.07, 6.45) is -0.879. The van der Waals surface area contributed by atoms with Gasteiger partial charge in [0.05, 0.1) is 12.1 Å². The zero-order valence-corrected chi connectivity index (χ0v) is 16.7. The lowest BCUT2D eigenvalue weighted by molar-refractivity contribution is -0.137. The van der Waals surface area contributed by atoms with E-state index in [0.717, 1.165) is 43.6 Å². The zero-order chi connectivity index (χ0) is 21.5. The molecule has 4 rings (SSSR count). The van der Waals surface area contributed by atoms with E-state index in [1.54, 1.807) is 7.05 Å². The molecule has 0 radical (unpaired) electrons. The minimum Gasteiger partial charge on any atom is -0.325 e. The number of nitrogens with one attached hydrogen (secondary N) is 1. The number of likely N-dealkylation sites (tertiary alicyclic amines) is 1. The van der Waals surface area contributed by atoms with Crippen molar-refractivity contribution >= 4 is 11.6 Å². The largest absolute Gasteiger partial charge is 0.416 e. The summed E-state index contributed by atoms with van der Waals surface area (Å²) >= 11 is 0. The third kappa shape index (κ3) is 4.43. The Kier molecular flexibility index (Phi) is 5.44. The van der Waals surface area contributed by atoms with Gasteiger partial charge in [-0.25, -0.2) is 9.48 Å². The lowest BCUT2D eigenvalue weighted by atomic mass is 9.96. The van der Waals surface area contributed by atoms with Gasteiger partial charge in [0, 0.05) is 24.7 Å². The Morgan fingerprint density at radius 1 is 1.20 bits per heavy atom. The Balaban J connectivity index is 1.33. The van der Waals surface area contributed by atoms with E-state index in [2.05, 4.69) is 10.4 Å². The van der Waals surface area contributed by atoms with Crippen molar-refractivity contribution in [1.82, 2.24) is 19.2 Å². The molecule has 1 saturated carbocycles. The molecular formula is C20H24F3N5O2. The minimum absolute atomic E-state index is 0.0737. The molecule has 1 aliphatic carbocycles.